The quantitative estimate of drug-likeness (QED) is 0.544. The standard InChI is InChI=1S/C6H10N2O2/c7-4-2-1-3-5(8)6(9)10/h5H,1-3,8H2,(H,9,10)/t5-/m0/s1. The van der Waals surface area contributed by atoms with E-state index in [2.05, 4.69) is 0 Å². The van der Waals surface area contributed by atoms with Crippen molar-refractivity contribution in [2.24, 2.45) is 5.73 Å². The molecule has 0 radical (unpaired) electrons. The average molecular weight is 142 g/mol. The summed E-state index contributed by atoms with van der Waals surface area (Å²) >= 11 is 0. The third-order valence-electron chi connectivity index (χ3n) is 1.12. The SMILES string of the molecule is N#CCCC[C@H](N)C(=O)O. The smallest absolute Gasteiger partial charge is 0.320 e. The minimum Gasteiger partial charge on any atom is -0.480 e. The fourth-order valence-electron chi connectivity index (χ4n) is 0.525. The van der Waals surface area contributed by atoms with E-state index in [0.717, 1.165) is 0 Å². The third-order valence-corrected chi connectivity index (χ3v) is 1.12. The second-order valence-electron chi connectivity index (χ2n) is 2.00. The Morgan fingerprint density at radius 3 is 2.80 bits per heavy atom. The van der Waals surface area contributed by atoms with Gasteiger partial charge in [-0.15, -0.1) is 0 Å². The summed E-state index contributed by atoms with van der Waals surface area (Å²) in [7, 11) is 0. The van der Waals surface area contributed by atoms with Gasteiger partial charge in [-0.05, 0) is 12.8 Å². The minimum absolute atomic E-state index is 0.376. The molecule has 0 bridgehead atoms. The second-order valence-corrected chi connectivity index (χ2v) is 2.00. The number of rotatable bonds is 4. The van der Waals surface area contributed by atoms with Crippen molar-refractivity contribution in [1.29, 1.82) is 5.26 Å². The highest BCUT2D eigenvalue weighted by molar-refractivity contribution is 5.72. The lowest BCUT2D eigenvalue weighted by atomic mass is 10.1. The van der Waals surface area contributed by atoms with Gasteiger partial charge in [-0.2, -0.15) is 5.26 Å². The Balaban J connectivity index is 3.32. The molecule has 0 amide bonds. The summed E-state index contributed by atoms with van der Waals surface area (Å²) in [4.78, 5) is 10.1. The fraction of sp³-hybridized carbons (Fsp3) is 0.667. The van der Waals surface area contributed by atoms with Gasteiger partial charge in [0.2, 0.25) is 0 Å². The van der Waals surface area contributed by atoms with Crippen molar-refractivity contribution >= 4 is 5.97 Å². The van der Waals surface area contributed by atoms with E-state index in [1.54, 1.807) is 0 Å². The van der Waals surface area contributed by atoms with Crippen LogP contribution < -0.4 is 5.73 Å². The van der Waals surface area contributed by atoms with Gasteiger partial charge >= 0.3 is 5.97 Å². The molecule has 0 aliphatic carbocycles. The lowest BCUT2D eigenvalue weighted by Crippen LogP contribution is -2.29. The number of hydrogen-bond donors (Lipinski definition) is 2. The number of carboxylic acid groups (broad SMARTS) is 1. The van der Waals surface area contributed by atoms with Crippen molar-refractivity contribution in [3.8, 4) is 6.07 Å². The highest BCUT2D eigenvalue weighted by atomic mass is 16.4. The summed E-state index contributed by atoms with van der Waals surface area (Å²) in [6.45, 7) is 0. The van der Waals surface area contributed by atoms with Crippen LogP contribution in [0.5, 0.6) is 0 Å². The first-order valence-electron chi connectivity index (χ1n) is 3.04. The zero-order valence-electron chi connectivity index (χ0n) is 5.58. The first-order valence-corrected chi connectivity index (χ1v) is 3.04. The molecule has 0 rings (SSSR count). The number of hydrogen-bond acceptors (Lipinski definition) is 3. The van der Waals surface area contributed by atoms with Gasteiger partial charge in [0.05, 0.1) is 6.07 Å². The second kappa shape index (κ2) is 4.77. The average Bonchev–Trinajstić information content (AvgIpc) is 1.88. The maximum atomic E-state index is 10.1. The van der Waals surface area contributed by atoms with Crippen LogP contribution in [0.2, 0.25) is 0 Å². The van der Waals surface area contributed by atoms with Crippen molar-refractivity contribution in [2.75, 3.05) is 0 Å². The summed E-state index contributed by atoms with van der Waals surface area (Å²) < 4.78 is 0. The Morgan fingerprint density at radius 1 is 1.80 bits per heavy atom. The Labute approximate surface area is 59.3 Å². The summed E-state index contributed by atoms with van der Waals surface area (Å²) in [5.41, 5.74) is 5.15. The Kier molecular flexibility index (Phi) is 4.25. The largest absolute Gasteiger partial charge is 0.480 e. The van der Waals surface area contributed by atoms with Gasteiger partial charge in [0.1, 0.15) is 6.04 Å². The normalized spacial score (nSPS) is 12.0. The Morgan fingerprint density at radius 2 is 2.40 bits per heavy atom. The van der Waals surface area contributed by atoms with E-state index in [1.165, 1.54) is 0 Å². The molecule has 0 aromatic carbocycles. The van der Waals surface area contributed by atoms with Gasteiger partial charge < -0.3 is 10.8 Å². The van der Waals surface area contributed by atoms with Crippen LogP contribution in [-0.4, -0.2) is 17.1 Å². The maximum Gasteiger partial charge on any atom is 0.320 e. The molecule has 4 nitrogen and oxygen atoms in total. The predicted molar refractivity (Wildman–Crippen MR) is 35.1 cm³/mol. The summed E-state index contributed by atoms with van der Waals surface area (Å²) in [6.07, 6.45) is 1.31. The van der Waals surface area contributed by atoms with Crippen LogP contribution in [0.4, 0.5) is 0 Å². The van der Waals surface area contributed by atoms with Crippen molar-refractivity contribution in [2.45, 2.75) is 25.3 Å². The van der Waals surface area contributed by atoms with Crippen LogP contribution in [0.1, 0.15) is 19.3 Å². The van der Waals surface area contributed by atoms with Crippen molar-refractivity contribution in [1.82, 2.24) is 0 Å². The highest BCUT2D eigenvalue weighted by Gasteiger charge is 2.09. The summed E-state index contributed by atoms with van der Waals surface area (Å²) in [6, 6.07) is 1.10. The van der Waals surface area contributed by atoms with E-state index in [-0.39, 0.29) is 0 Å². The van der Waals surface area contributed by atoms with E-state index in [4.69, 9.17) is 16.1 Å². The van der Waals surface area contributed by atoms with E-state index in [0.29, 0.717) is 19.3 Å². The predicted octanol–water partition coefficient (Wildman–Crippen LogP) is 0.0922. The van der Waals surface area contributed by atoms with Crippen LogP contribution in [0, 0.1) is 11.3 Å². The molecule has 0 unspecified atom stereocenters. The molecule has 1 atom stereocenters. The van der Waals surface area contributed by atoms with Crippen molar-refractivity contribution in [3.05, 3.63) is 0 Å². The minimum atomic E-state index is -1.00. The van der Waals surface area contributed by atoms with Crippen LogP contribution in [-0.2, 0) is 4.79 Å². The number of nitrogens with two attached hydrogens (primary N) is 1. The number of unbranched alkanes of at least 4 members (excludes halogenated alkanes) is 1. The number of carboxylic acids is 1. The van der Waals surface area contributed by atoms with Crippen LogP contribution >= 0.6 is 0 Å². The molecule has 0 aromatic heterocycles. The van der Waals surface area contributed by atoms with Crippen molar-refractivity contribution < 1.29 is 9.90 Å². The zero-order chi connectivity index (χ0) is 7.98. The number of carbonyl (C=O) groups is 1. The number of nitriles is 1. The van der Waals surface area contributed by atoms with Gasteiger partial charge in [0.25, 0.3) is 0 Å². The molecule has 10 heavy (non-hydrogen) atoms. The van der Waals surface area contributed by atoms with Gasteiger partial charge in [-0.25, -0.2) is 0 Å². The van der Waals surface area contributed by atoms with Gasteiger partial charge in [-0.3, -0.25) is 4.79 Å². The zero-order valence-corrected chi connectivity index (χ0v) is 5.58. The van der Waals surface area contributed by atoms with Gasteiger partial charge in [0, 0.05) is 6.42 Å². The third kappa shape index (κ3) is 3.87. The molecule has 0 saturated heterocycles. The number of aliphatic carboxylic acids is 1. The Bertz CT molecular complexity index is 150. The summed E-state index contributed by atoms with van der Waals surface area (Å²) in [5, 5.41) is 16.4. The molecular formula is C6H10N2O2. The van der Waals surface area contributed by atoms with Gasteiger partial charge in [0.15, 0.2) is 0 Å². The lowest BCUT2D eigenvalue weighted by Gasteiger charge is -2.01. The Hall–Kier alpha value is -1.08. The molecule has 0 aromatic rings. The van der Waals surface area contributed by atoms with Crippen molar-refractivity contribution in [3.63, 3.8) is 0 Å². The molecule has 56 valence electrons. The summed E-state index contributed by atoms with van der Waals surface area (Å²) in [5.74, 6) is -1.00. The van der Waals surface area contributed by atoms with E-state index in [1.807, 2.05) is 6.07 Å². The van der Waals surface area contributed by atoms with E-state index in [9.17, 15) is 4.79 Å². The van der Waals surface area contributed by atoms with E-state index < -0.39 is 12.0 Å². The maximum absolute atomic E-state index is 10.1. The van der Waals surface area contributed by atoms with Crippen LogP contribution in [0.3, 0.4) is 0 Å². The fourth-order valence-corrected chi connectivity index (χ4v) is 0.525. The molecule has 0 aliphatic heterocycles. The molecular weight excluding hydrogens is 132 g/mol. The first kappa shape index (κ1) is 8.92. The topological polar surface area (TPSA) is 87.1 Å². The highest BCUT2D eigenvalue weighted by Crippen LogP contribution is 1.97. The molecule has 0 aliphatic rings. The first-order chi connectivity index (χ1) is 4.68. The van der Waals surface area contributed by atoms with E-state index >= 15 is 0 Å². The van der Waals surface area contributed by atoms with Gasteiger partial charge in [-0.1, -0.05) is 0 Å². The molecule has 0 saturated carbocycles. The van der Waals surface area contributed by atoms with Crippen LogP contribution in [0.15, 0.2) is 0 Å². The monoisotopic (exact) mass is 142 g/mol. The molecule has 3 N–H and O–H groups in total. The molecule has 4 heteroatoms. The molecule has 0 spiro atoms. The molecule has 0 fully saturated rings. The lowest BCUT2D eigenvalue weighted by molar-refractivity contribution is -0.138. The number of nitrogens with zero attached hydrogens (tertiary/aromatic N) is 1. The van der Waals surface area contributed by atoms with Crippen LogP contribution in [0.25, 0.3) is 0 Å². The molecule has 0 heterocycles.